The predicted molar refractivity (Wildman–Crippen MR) is 91.8 cm³/mol. The molecule has 0 bridgehead atoms. The zero-order valence-corrected chi connectivity index (χ0v) is 13.2. The molecule has 2 aromatic carbocycles. The van der Waals surface area contributed by atoms with Crippen molar-refractivity contribution >= 4 is 22.6 Å². The van der Waals surface area contributed by atoms with Gasteiger partial charge in [-0.1, -0.05) is 36.4 Å². The molecule has 2 amide bonds. The molecule has 0 saturated carbocycles. The van der Waals surface area contributed by atoms with Crippen molar-refractivity contribution in [3.63, 3.8) is 0 Å². The summed E-state index contributed by atoms with van der Waals surface area (Å²) in [6.45, 7) is 0.403. The second kappa shape index (κ2) is 6.44. The normalized spacial score (nSPS) is 10.5. The number of urea groups is 1. The molecule has 0 aliphatic carbocycles. The van der Waals surface area contributed by atoms with Crippen LogP contribution in [0.1, 0.15) is 5.56 Å². The Morgan fingerprint density at radius 2 is 1.87 bits per heavy atom. The van der Waals surface area contributed by atoms with E-state index < -0.39 is 0 Å². The van der Waals surface area contributed by atoms with Crippen molar-refractivity contribution in [1.82, 2.24) is 9.88 Å². The van der Waals surface area contributed by atoms with Gasteiger partial charge in [-0.2, -0.15) is 0 Å². The SMILES string of the molecule is COc1ccccc1CNC(=O)Nc1cn(C)c2ccccc12. The molecule has 0 fully saturated rings. The quantitative estimate of drug-likeness (QED) is 0.775. The largest absolute Gasteiger partial charge is 0.496 e. The number of hydrogen-bond donors (Lipinski definition) is 2. The van der Waals surface area contributed by atoms with Gasteiger partial charge in [-0.05, 0) is 12.1 Å². The molecule has 0 saturated heterocycles. The number of amides is 2. The number of carbonyl (C=O) groups is 1. The van der Waals surface area contributed by atoms with Gasteiger partial charge in [-0.25, -0.2) is 4.79 Å². The molecule has 0 atom stereocenters. The summed E-state index contributed by atoms with van der Waals surface area (Å²) in [7, 11) is 3.58. The molecule has 1 heterocycles. The third kappa shape index (κ3) is 3.13. The molecule has 0 aliphatic heterocycles. The topological polar surface area (TPSA) is 55.3 Å². The van der Waals surface area contributed by atoms with Gasteiger partial charge >= 0.3 is 6.03 Å². The van der Waals surface area contributed by atoms with E-state index in [2.05, 4.69) is 10.6 Å². The molecule has 118 valence electrons. The van der Waals surface area contributed by atoms with Crippen molar-refractivity contribution in [2.75, 3.05) is 12.4 Å². The van der Waals surface area contributed by atoms with Crippen molar-refractivity contribution in [1.29, 1.82) is 0 Å². The van der Waals surface area contributed by atoms with Crippen molar-refractivity contribution < 1.29 is 9.53 Å². The first-order valence-electron chi connectivity index (χ1n) is 7.40. The Kier molecular flexibility index (Phi) is 4.19. The fraction of sp³-hybridized carbons (Fsp3) is 0.167. The van der Waals surface area contributed by atoms with E-state index in [1.807, 2.05) is 66.3 Å². The van der Waals surface area contributed by atoms with Crippen LogP contribution in [-0.2, 0) is 13.6 Å². The fourth-order valence-corrected chi connectivity index (χ4v) is 2.63. The summed E-state index contributed by atoms with van der Waals surface area (Å²) in [4.78, 5) is 12.2. The van der Waals surface area contributed by atoms with E-state index in [9.17, 15) is 4.79 Å². The number of benzene rings is 2. The Morgan fingerprint density at radius 1 is 1.13 bits per heavy atom. The first-order chi connectivity index (χ1) is 11.2. The van der Waals surface area contributed by atoms with Crippen LogP contribution in [0.5, 0.6) is 5.75 Å². The summed E-state index contributed by atoms with van der Waals surface area (Å²) in [5.41, 5.74) is 2.80. The predicted octanol–water partition coefficient (Wildman–Crippen LogP) is 3.51. The molecule has 0 radical (unpaired) electrons. The Morgan fingerprint density at radius 3 is 2.70 bits per heavy atom. The number of rotatable bonds is 4. The van der Waals surface area contributed by atoms with Crippen LogP contribution in [0.3, 0.4) is 0 Å². The maximum absolute atomic E-state index is 12.2. The van der Waals surface area contributed by atoms with Gasteiger partial charge in [-0.3, -0.25) is 0 Å². The summed E-state index contributed by atoms with van der Waals surface area (Å²) in [5.74, 6) is 0.762. The van der Waals surface area contributed by atoms with Crippen LogP contribution in [0.2, 0.25) is 0 Å². The number of anilines is 1. The Bertz CT molecular complexity index is 839. The summed E-state index contributed by atoms with van der Waals surface area (Å²) >= 11 is 0. The van der Waals surface area contributed by atoms with Crippen LogP contribution in [0.25, 0.3) is 10.9 Å². The van der Waals surface area contributed by atoms with Gasteiger partial charge in [0.15, 0.2) is 0 Å². The number of aromatic nitrogens is 1. The van der Waals surface area contributed by atoms with Crippen LogP contribution in [0, 0.1) is 0 Å². The van der Waals surface area contributed by atoms with Gasteiger partial charge < -0.3 is 19.9 Å². The number of nitrogens with one attached hydrogen (secondary N) is 2. The monoisotopic (exact) mass is 309 g/mol. The van der Waals surface area contributed by atoms with Gasteiger partial charge in [0.2, 0.25) is 0 Å². The number of carbonyl (C=O) groups excluding carboxylic acids is 1. The molecular weight excluding hydrogens is 290 g/mol. The Balaban J connectivity index is 1.69. The highest BCUT2D eigenvalue weighted by Crippen LogP contribution is 2.24. The first-order valence-corrected chi connectivity index (χ1v) is 7.40. The smallest absolute Gasteiger partial charge is 0.319 e. The number of para-hydroxylation sites is 2. The molecule has 5 nitrogen and oxygen atoms in total. The molecule has 0 aliphatic rings. The van der Waals surface area contributed by atoms with Crippen LogP contribution in [-0.4, -0.2) is 17.7 Å². The second-order valence-corrected chi connectivity index (χ2v) is 5.29. The summed E-state index contributed by atoms with van der Waals surface area (Å²) in [5, 5.41) is 6.77. The first kappa shape index (κ1) is 15.0. The minimum absolute atomic E-state index is 0.243. The number of nitrogens with zero attached hydrogens (tertiary/aromatic N) is 1. The standard InChI is InChI=1S/C18H19N3O2/c1-21-12-15(14-8-4-5-9-16(14)21)20-18(22)19-11-13-7-3-6-10-17(13)23-2/h3-10,12H,11H2,1-2H3,(H2,19,20,22). The molecule has 5 heteroatoms. The summed E-state index contributed by atoms with van der Waals surface area (Å²) in [6.07, 6.45) is 1.91. The van der Waals surface area contributed by atoms with Crippen LogP contribution in [0.15, 0.2) is 54.7 Å². The fourth-order valence-electron chi connectivity index (χ4n) is 2.63. The molecule has 3 rings (SSSR count). The zero-order chi connectivity index (χ0) is 16.2. The summed E-state index contributed by atoms with van der Waals surface area (Å²) in [6, 6.07) is 15.3. The molecule has 0 spiro atoms. The average Bonchev–Trinajstić information content (AvgIpc) is 2.89. The van der Waals surface area contributed by atoms with E-state index in [1.165, 1.54) is 0 Å². The van der Waals surface area contributed by atoms with Gasteiger partial charge in [0, 0.05) is 36.3 Å². The lowest BCUT2D eigenvalue weighted by Crippen LogP contribution is -2.28. The zero-order valence-electron chi connectivity index (χ0n) is 13.2. The lowest BCUT2D eigenvalue weighted by atomic mass is 10.2. The van der Waals surface area contributed by atoms with Gasteiger partial charge in [0.05, 0.1) is 12.8 Å². The Hall–Kier alpha value is -2.95. The maximum atomic E-state index is 12.2. The number of hydrogen-bond acceptors (Lipinski definition) is 2. The van der Waals surface area contributed by atoms with E-state index in [1.54, 1.807) is 7.11 Å². The van der Waals surface area contributed by atoms with Crippen molar-refractivity contribution in [2.45, 2.75) is 6.54 Å². The van der Waals surface area contributed by atoms with Gasteiger partial charge in [0.25, 0.3) is 0 Å². The minimum atomic E-state index is -0.243. The second-order valence-electron chi connectivity index (χ2n) is 5.29. The number of ether oxygens (including phenoxy) is 1. The van der Waals surface area contributed by atoms with E-state index in [-0.39, 0.29) is 6.03 Å². The molecule has 3 aromatic rings. The molecule has 0 unspecified atom stereocenters. The maximum Gasteiger partial charge on any atom is 0.319 e. The lowest BCUT2D eigenvalue weighted by Gasteiger charge is -2.10. The number of fused-ring (bicyclic) bond motifs is 1. The van der Waals surface area contributed by atoms with Gasteiger partial charge in [-0.15, -0.1) is 0 Å². The highest BCUT2D eigenvalue weighted by Gasteiger charge is 2.09. The van der Waals surface area contributed by atoms with E-state index in [0.29, 0.717) is 6.54 Å². The number of aryl methyl sites for hydroxylation is 1. The van der Waals surface area contributed by atoms with Crippen molar-refractivity contribution in [3.8, 4) is 5.75 Å². The highest BCUT2D eigenvalue weighted by atomic mass is 16.5. The van der Waals surface area contributed by atoms with Crippen molar-refractivity contribution in [2.24, 2.45) is 7.05 Å². The Labute approximate surface area is 134 Å². The van der Waals surface area contributed by atoms with Crippen LogP contribution in [0.4, 0.5) is 10.5 Å². The lowest BCUT2D eigenvalue weighted by molar-refractivity contribution is 0.251. The summed E-state index contributed by atoms with van der Waals surface area (Å²) < 4.78 is 7.27. The molecule has 23 heavy (non-hydrogen) atoms. The van der Waals surface area contributed by atoms with Crippen molar-refractivity contribution in [3.05, 3.63) is 60.3 Å². The van der Waals surface area contributed by atoms with Crippen LogP contribution < -0.4 is 15.4 Å². The minimum Gasteiger partial charge on any atom is -0.496 e. The molecule has 1 aromatic heterocycles. The number of methoxy groups -OCH3 is 1. The van der Waals surface area contributed by atoms with Gasteiger partial charge in [0.1, 0.15) is 5.75 Å². The van der Waals surface area contributed by atoms with E-state index >= 15 is 0 Å². The average molecular weight is 309 g/mol. The van der Waals surface area contributed by atoms with E-state index in [4.69, 9.17) is 4.74 Å². The third-order valence-corrected chi connectivity index (χ3v) is 3.78. The molecular formula is C18H19N3O2. The third-order valence-electron chi connectivity index (χ3n) is 3.78. The van der Waals surface area contributed by atoms with E-state index in [0.717, 1.165) is 27.9 Å². The molecule has 2 N–H and O–H groups in total. The van der Waals surface area contributed by atoms with Crippen LogP contribution >= 0.6 is 0 Å². The highest BCUT2D eigenvalue weighted by molar-refractivity contribution is 6.01.